The summed E-state index contributed by atoms with van der Waals surface area (Å²) in [4.78, 5) is 6.59. The van der Waals surface area contributed by atoms with Gasteiger partial charge < -0.3 is 24.6 Å². The van der Waals surface area contributed by atoms with E-state index >= 15 is 0 Å². The Kier molecular flexibility index (Phi) is 7.38. The van der Waals surface area contributed by atoms with Gasteiger partial charge >= 0.3 is 0 Å². The Bertz CT molecular complexity index is 1710. The van der Waals surface area contributed by atoms with Crippen LogP contribution in [0.2, 0.25) is 5.02 Å². The molecule has 0 radical (unpaired) electrons. The maximum atomic E-state index is 11.9. The molecule has 2 aromatic heterocycles. The monoisotopic (exact) mass is 597 g/mol. The first-order chi connectivity index (χ1) is 19.0. The highest BCUT2D eigenvalue weighted by atomic mass is 35.5. The van der Waals surface area contributed by atoms with E-state index < -0.39 is 10.0 Å². The summed E-state index contributed by atoms with van der Waals surface area (Å²) in [5.74, 6) is 0.453. The van der Waals surface area contributed by atoms with Gasteiger partial charge in [0.15, 0.2) is 5.11 Å². The number of methoxy groups -OCH3 is 1. The second-order valence-corrected chi connectivity index (χ2v) is 12.1. The second kappa shape index (κ2) is 10.6. The average molecular weight is 598 g/mol. The number of anilines is 2. The Morgan fingerprint density at radius 3 is 2.58 bits per heavy atom. The number of aromatic hydroxyl groups is 1. The largest absolute Gasteiger partial charge is 0.506 e. The van der Waals surface area contributed by atoms with Crippen molar-refractivity contribution in [1.29, 1.82) is 0 Å². The molecule has 1 aliphatic heterocycles. The number of benzene rings is 2. The number of hydrogen-bond donors (Lipinski definition) is 3. The molecule has 2 aromatic carbocycles. The van der Waals surface area contributed by atoms with E-state index in [1.807, 2.05) is 41.5 Å². The number of phenolic OH excluding ortho intramolecular Hbond substituents is 1. The van der Waals surface area contributed by atoms with Crippen molar-refractivity contribution in [3.63, 3.8) is 0 Å². The van der Waals surface area contributed by atoms with Gasteiger partial charge in [0.1, 0.15) is 11.5 Å². The molecule has 4 aromatic rings. The lowest BCUT2D eigenvalue weighted by molar-refractivity contribution is 0.417. The lowest BCUT2D eigenvalue weighted by Crippen LogP contribution is -2.29. The van der Waals surface area contributed by atoms with E-state index in [0.717, 1.165) is 28.9 Å². The van der Waals surface area contributed by atoms with Gasteiger partial charge in [0.05, 0.1) is 42.5 Å². The Balaban J connectivity index is 1.68. The van der Waals surface area contributed by atoms with Crippen molar-refractivity contribution >= 4 is 50.3 Å². The molecule has 1 aliphatic rings. The summed E-state index contributed by atoms with van der Waals surface area (Å²) < 4.78 is 33.8. The van der Waals surface area contributed by atoms with Crippen molar-refractivity contribution in [3.8, 4) is 17.2 Å². The minimum absolute atomic E-state index is 0.106. The number of rotatable bonds is 7. The van der Waals surface area contributed by atoms with Crippen LogP contribution < -0.4 is 19.7 Å². The molecule has 3 heterocycles. The first kappa shape index (κ1) is 27.8. The second-order valence-electron chi connectivity index (χ2n) is 9.55. The average Bonchev–Trinajstić information content (AvgIpc) is 3.40. The Hall–Kier alpha value is -3.80. The number of pyridine rings is 1. The molecule has 0 aliphatic carbocycles. The van der Waals surface area contributed by atoms with Gasteiger partial charge in [0, 0.05) is 34.4 Å². The summed E-state index contributed by atoms with van der Waals surface area (Å²) in [5.41, 5.74) is 5.13. The zero-order valence-corrected chi connectivity index (χ0v) is 24.6. The normalized spacial score (nSPS) is 17.1. The first-order valence-electron chi connectivity index (χ1n) is 12.3. The summed E-state index contributed by atoms with van der Waals surface area (Å²) in [6, 6.07) is 17.3. The predicted molar refractivity (Wildman–Crippen MR) is 161 cm³/mol. The maximum Gasteiger partial charge on any atom is 0.229 e. The molecule has 0 saturated carbocycles. The molecule has 12 heteroatoms. The Morgan fingerprint density at radius 2 is 1.90 bits per heavy atom. The van der Waals surface area contributed by atoms with Gasteiger partial charge in [0.25, 0.3) is 0 Å². The van der Waals surface area contributed by atoms with Crippen molar-refractivity contribution in [2.45, 2.75) is 25.9 Å². The van der Waals surface area contributed by atoms with Crippen molar-refractivity contribution in [2.75, 3.05) is 23.0 Å². The van der Waals surface area contributed by atoms with Gasteiger partial charge in [-0.15, -0.1) is 0 Å². The van der Waals surface area contributed by atoms with Crippen LogP contribution in [0.15, 0.2) is 66.9 Å². The summed E-state index contributed by atoms with van der Waals surface area (Å²) in [5, 5.41) is 15.1. The Morgan fingerprint density at radius 1 is 1.12 bits per heavy atom. The number of nitrogens with zero attached hydrogens (tertiary/aromatic N) is 3. The van der Waals surface area contributed by atoms with Gasteiger partial charge in [-0.1, -0.05) is 17.7 Å². The van der Waals surface area contributed by atoms with Gasteiger partial charge in [-0.25, -0.2) is 8.42 Å². The number of halogens is 1. The van der Waals surface area contributed by atoms with Crippen molar-refractivity contribution in [1.82, 2.24) is 14.9 Å². The van der Waals surface area contributed by atoms with E-state index in [1.54, 1.807) is 42.6 Å². The molecule has 2 unspecified atom stereocenters. The fourth-order valence-electron chi connectivity index (χ4n) is 5.20. The minimum atomic E-state index is -3.51. The molecule has 0 amide bonds. The number of sulfonamides is 1. The van der Waals surface area contributed by atoms with Crippen LogP contribution in [0.1, 0.15) is 34.7 Å². The van der Waals surface area contributed by atoms with Crippen LogP contribution in [-0.2, 0) is 10.0 Å². The standard InChI is InChI=1S/C28H28ClN5O4S2/c1-16-13-20(17(2)33(16)23-14-18(29)8-11-24(23)35)27-26(22-7-5-6-12-30-22)31-28(39)34(27)19-9-10-21(25(15-19)38-3)32-40(4,36)37/h5-15,26-27,32,35H,1-4H3,(H,31,39). The summed E-state index contributed by atoms with van der Waals surface area (Å²) >= 11 is 12.2. The zero-order chi connectivity index (χ0) is 28.8. The third kappa shape index (κ3) is 5.19. The molecule has 40 heavy (non-hydrogen) atoms. The summed E-state index contributed by atoms with van der Waals surface area (Å²) in [7, 11) is -2.04. The van der Waals surface area contributed by atoms with E-state index in [-0.39, 0.29) is 17.8 Å². The van der Waals surface area contributed by atoms with E-state index in [4.69, 9.17) is 28.6 Å². The smallest absolute Gasteiger partial charge is 0.229 e. The van der Waals surface area contributed by atoms with E-state index in [1.165, 1.54) is 7.11 Å². The van der Waals surface area contributed by atoms with Crippen LogP contribution >= 0.6 is 23.8 Å². The van der Waals surface area contributed by atoms with Gasteiger partial charge in [-0.2, -0.15) is 0 Å². The maximum absolute atomic E-state index is 11.9. The fraction of sp³-hybridized carbons (Fsp3) is 0.214. The fourth-order valence-corrected chi connectivity index (χ4v) is 6.28. The highest BCUT2D eigenvalue weighted by Crippen LogP contribution is 2.45. The van der Waals surface area contributed by atoms with Crippen LogP contribution in [0.3, 0.4) is 0 Å². The summed E-state index contributed by atoms with van der Waals surface area (Å²) in [6.07, 6.45) is 2.82. The number of hydrogen-bond acceptors (Lipinski definition) is 6. The van der Waals surface area contributed by atoms with Crippen LogP contribution in [0.25, 0.3) is 5.69 Å². The number of thiocarbonyl (C=S) groups is 1. The first-order valence-corrected chi connectivity index (χ1v) is 15.0. The van der Waals surface area contributed by atoms with Crippen LogP contribution in [-0.4, -0.2) is 41.6 Å². The Labute approximate surface area is 243 Å². The molecule has 9 nitrogen and oxygen atoms in total. The number of aryl methyl sites for hydroxylation is 1. The molecule has 3 N–H and O–H groups in total. The quantitative estimate of drug-likeness (QED) is 0.243. The molecular formula is C28H28ClN5O4S2. The summed E-state index contributed by atoms with van der Waals surface area (Å²) in [6.45, 7) is 3.95. The lowest BCUT2D eigenvalue weighted by atomic mass is 9.96. The van der Waals surface area contributed by atoms with Crippen LogP contribution in [0.5, 0.6) is 11.5 Å². The minimum Gasteiger partial charge on any atom is -0.506 e. The van der Waals surface area contributed by atoms with Crippen molar-refractivity contribution in [3.05, 3.63) is 94.5 Å². The van der Waals surface area contributed by atoms with Crippen LogP contribution in [0, 0.1) is 13.8 Å². The molecule has 5 rings (SSSR count). The van der Waals surface area contributed by atoms with Gasteiger partial charge in [-0.3, -0.25) is 9.71 Å². The number of aromatic nitrogens is 2. The topological polar surface area (TPSA) is 109 Å². The van der Waals surface area contributed by atoms with Gasteiger partial charge in [0.2, 0.25) is 10.0 Å². The van der Waals surface area contributed by atoms with E-state index in [0.29, 0.717) is 32.9 Å². The number of phenols is 1. The van der Waals surface area contributed by atoms with E-state index in [2.05, 4.69) is 21.1 Å². The van der Waals surface area contributed by atoms with Crippen molar-refractivity contribution < 1.29 is 18.3 Å². The molecule has 1 fully saturated rings. The molecular weight excluding hydrogens is 570 g/mol. The van der Waals surface area contributed by atoms with Crippen molar-refractivity contribution in [2.24, 2.45) is 0 Å². The SMILES string of the molecule is COc1cc(N2C(=S)NC(c3ccccn3)C2c2cc(C)n(-c3cc(Cl)ccc3O)c2C)ccc1NS(C)(=O)=O. The molecule has 1 saturated heterocycles. The highest BCUT2D eigenvalue weighted by molar-refractivity contribution is 7.92. The molecule has 2 atom stereocenters. The third-order valence-corrected chi connectivity index (χ3v) is 7.96. The molecule has 208 valence electrons. The van der Waals surface area contributed by atoms with Gasteiger partial charge in [-0.05, 0) is 80.2 Å². The van der Waals surface area contributed by atoms with Crippen LogP contribution in [0.4, 0.5) is 11.4 Å². The lowest BCUT2D eigenvalue weighted by Gasteiger charge is -2.29. The predicted octanol–water partition coefficient (Wildman–Crippen LogP) is 5.41. The number of ether oxygens (including phenoxy) is 1. The molecule has 0 spiro atoms. The zero-order valence-electron chi connectivity index (χ0n) is 22.2. The highest BCUT2D eigenvalue weighted by Gasteiger charge is 2.42. The molecule has 0 bridgehead atoms. The van der Waals surface area contributed by atoms with E-state index in [9.17, 15) is 13.5 Å². The third-order valence-electron chi connectivity index (χ3n) is 6.82. The number of nitrogens with one attached hydrogen (secondary N) is 2.